The largest absolute Gasteiger partial charge is 0.507 e. The summed E-state index contributed by atoms with van der Waals surface area (Å²) in [6, 6.07) is 26.3. The number of Topliss-reactive ketones (excluding diaryl/α,β-unsaturated/α-hetero) is 1. The summed E-state index contributed by atoms with van der Waals surface area (Å²) in [6.45, 7) is 5.00. The van der Waals surface area contributed by atoms with Crippen LogP contribution in [0, 0.1) is 5.92 Å². The van der Waals surface area contributed by atoms with Crippen LogP contribution in [0.15, 0.2) is 109 Å². The number of rotatable bonds is 9. The van der Waals surface area contributed by atoms with Gasteiger partial charge in [0.25, 0.3) is 11.7 Å². The van der Waals surface area contributed by atoms with Gasteiger partial charge in [0.15, 0.2) is 0 Å². The van der Waals surface area contributed by atoms with Gasteiger partial charge in [0, 0.05) is 23.6 Å². The molecule has 7 heteroatoms. The minimum atomic E-state index is -0.870. The van der Waals surface area contributed by atoms with Crippen LogP contribution in [-0.4, -0.2) is 28.4 Å². The van der Waals surface area contributed by atoms with Crippen molar-refractivity contribution in [2.24, 2.45) is 5.92 Å². The molecular formula is C33H30N2O5. The first-order valence-corrected chi connectivity index (χ1v) is 13.1. The minimum Gasteiger partial charge on any atom is -0.507 e. The first-order chi connectivity index (χ1) is 19.4. The van der Waals surface area contributed by atoms with Crippen LogP contribution < -0.4 is 14.4 Å². The number of hydrogen-bond donors (Lipinski definition) is 1. The molecule has 7 nitrogen and oxygen atoms in total. The van der Waals surface area contributed by atoms with Gasteiger partial charge in [-0.2, -0.15) is 0 Å². The number of aliphatic hydroxyl groups excluding tert-OH is 1. The van der Waals surface area contributed by atoms with Crippen molar-refractivity contribution in [3.05, 3.63) is 126 Å². The van der Waals surface area contributed by atoms with Gasteiger partial charge >= 0.3 is 0 Å². The van der Waals surface area contributed by atoms with Gasteiger partial charge in [0.2, 0.25) is 0 Å². The molecule has 0 spiro atoms. The lowest BCUT2D eigenvalue weighted by atomic mass is 9.96. The lowest BCUT2D eigenvalue weighted by molar-refractivity contribution is -0.132. The van der Waals surface area contributed by atoms with Crippen LogP contribution in [0.5, 0.6) is 11.5 Å². The molecule has 1 unspecified atom stereocenters. The van der Waals surface area contributed by atoms with E-state index in [9.17, 15) is 14.7 Å². The third-order valence-corrected chi connectivity index (χ3v) is 6.50. The third kappa shape index (κ3) is 5.73. The summed E-state index contributed by atoms with van der Waals surface area (Å²) in [4.78, 5) is 32.5. The fourth-order valence-corrected chi connectivity index (χ4v) is 4.55. The number of anilines is 1. The molecule has 1 saturated heterocycles. The topological polar surface area (TPSA) is 89.0 Å². The summed E-state index contributed by atoms with van der Waals surface area (Å²) >= 11 is 0. The van der Waals surface area contributed by atoms with Crippen molar-refractivity contribution in [2.45, 2.75) is 26.5 Å². The quantitative estimate of drug-likeness (QED) is 0.154. The highest BCUT2D eigenvalue weighted by Crippen LogP contribution is 2.42. The minimum absolute atomic E-state index is 0.0107. The lowest BCUT2D eigenvalue weighted by Crippen LogP contribution is -2.29. The number of benzene rings is 3. The number of ketones is 1. The molecule has 1 N–H and O–H groups in total. The summed E-state index contributed by atoms with van der Waals surface area (Å²) in [6.07, 6.45) is 3.21. The molecule has 1 atom stereocenters. The maximum Gasteiger partial charge on any atom is 0.300 e. The second kappa shape index (κ2) is 11.9. The van der Waals surface area contributed by atoms with E-state index in [2.05, 4.69) is 4.98 Å². The van der Waals surface area contributed by atoms with Crippen LogP contribution in [0.4, 0.5) is 5.69 Å². The second-order valence-electron chi connectivity index (χ2n) is 9.96. The Bertz CT molecular complexity index is 1520. The van der Waals surface area contributed by atoms with E-state index in [1.54, 1.807) is 73.1 Å². The molecule has 0 aliphatic carbocycles. The van der Waals surface area contributed by atoms with Crippen molar-refractivity contribution < 1.29 is 24.2 Å². The van der Waals surface area contributed by atoms with Gasteiger partial charge in [-0.3, -0.25) is 19.5 Å². The Hall–Kier alpha value is -4.91. The second-order valence-corrected chi connectivity index (χ2v) is 9.96. The Morgan fingerprint density at radius 1 is 0.900 bits per heavy atom. The van der Waals surface area contributed by atoms with E-state index < -0.39 is 17.7 Å². The van der Waals surface area contributed by atoms with Crippen LogP contribution in [0.1, 0.15) is 36.6 Å². The fourth-order valence-electron chi connectivity index (χ4n) is 4.55. The lowest BCUT2D eigenvalue weighted by Gasteiger charge is -2.25. The molecule has 0 saturated carbocycles. The number of ether oxygens (including phenoxy) is 2. The zero-order valence-electron chi connectivity index (χ0n) is 22.4. The highest BCUT2D eigenvalue weighted by molar-refractivity contribution is 6.51. The molecule has 4 aromatic rings. The molecular weight excluding hydrogens is 504 g/mol. The number of aliphatic hydroxyl groups is 1. The van der Waals surface area contributed by atoms with E-state index in [1.165, 1.54) is 4.90 Å². The summed E-state index contributed by atoms with van der Waals surface area (Å²) in [7, 11) is 0. The van der Waals surface area contributed by atoms with Crippen molar-refractivity contribution in [3.63, 3.8) is 0 Å². The monoisotopic (exact) mass is 534 g/mol. The zero-order chi connectivity index (χ0) is 28.1. The Labute approximate surface area is 233 Å². The highest BCUT2D eigenvalue weighted by Gasteiger charge is 2.47. The summed E-state index contributed by atoms with van der Waals surface area (Å²) < 4.78 is 11.7. The van der Waals surface area contributed by atoms with Gasteiger partial charge in [-0.05, 0) is 59.5 Å². The van der Waals surface area contributed by atoms with E-state index in [0.717, 1.165) is 5.56 Å². The van der Waals surface area contributed by atoms with Crippen molar-refractivity contribution in [3.8, 4) is 11.5 Å². The van der Waals surface area contributed by atoms with Crippen molar-refractivity contribution >= 4 is 23.1 Å². The molecule has 1 aliphatic rings. The number of nitrogens with zero attached hydrogens (tertiary/aromatic N) is 2. The fraction of sp³-hybridized carbons (Fsp3) is 0.182. The third-order valence-electron chi connectivity index (χ3n) is 6.50. The van der Waals surface area contributed by atoms with Crippen LogP contribution in [0.25, 0.3) is 5.76 Å². The predicted molar refractivity (Wildman–Crippen MR) is 153 cm³/mol. The summed E-state index contributed by atoms with van der Waals surface area (Å²) in [5, 5.41) is 11.4. The van der Waals surface area contributed by atoms with E-state index in [4.69, 9.17) is 9.47 Å². The smallest absolute Gasteiger partial charge is 0.300 e. The van der Waals surface area contributed by atoms with Crippen LogP contribution in [-0.2, 0) is 16.2 Å². The molecule has 40 heavy (non-hydrogen) atoms. The van der Waals surface area contributed by atoms with Crippen molar-refractivity contribution in [1.29, 1.82) is 0 Å². The number of aromatic nitrogens is 1. The molecule has 3 aromatic carbocycles. The molecule has 1 amide bonds. The number of amides is 1. The molecule has 1 aromatic heterocycles. The van der Waals surface area contributed by atoms with Gasteiger partial charge in [-0.25, -0.2) is 0 Å². The normalized spacial score (nSPS) is 16.4. The molecule has 5 rings (SSSR count). The number of pyridine rings is 1. The zero-order valence-corrected chi connectivity index (χ0v) is 22.4. The maximum absolute atomic E-state index is 13.4. The number of carbonyl (C=O) groups excluding carboxylic acids is 2. The van der Waals surface area contributed by atoms with Crippen LogP contribution in [0.3, 0.4) is 0 Å². The Balaban J connectivity index is 1.49. The first kappa shape index (κ1) is 26.7. The standard InChI is InChI=1S/C33H30N2O5/c1-22(2)20-39-28-12-6-10-24(18-28)31(36)29-30(25-11-7-17-34-19-25)35(33(38)32(29)37)26-13-15-27(16-14-26)40-21-23-8-4-3-5-9-23/h3-19,22,30,36H,20-21H2,1-2H3/b31-29-. The Kier molecular flexibility index (Phi) is 7.92. The van der Waals surface area contributed by atoms with Gasteiger partial charge < -0.3 is 14.6 Å². The molecule has 1 fully saturated rings. The average Bonchev–Trinajstić information content (AvgIpc) is 3.26. The molecule has 202 valence electrons. The summed E-state index contributed by atoms with van der Waals surface area (Å²) in [5.74, 6) is -0.267. The highest BCUT2D eigenvalue weighted by atomic mass is 16.5. The van der Waals surface area contributed by atoms with Gasteiger partial charge in [0.05, 0.1) is 18.2 Å². The first-order valence-electron chi connectivity index (χ1n) is 13.1. The maximum atomic E-state index is 13.4. The van der Waals surface area contributed by atoms with Crippen molar-refractivity contribution in [1.82, 2.24) is 4.98 Å². The predicted octanol–water partition coefficient (Wildman–Crippen LogP) is 6.32. The van der Waals surface area contributed by atoms with E-state index in [1.807, 2.05) is 44.2 Å². The van der Waals surface area contributed by atoms with E-state index in [0.29, 0.717) is 47.4 Å². The molecule has 2 heterocycles. The number of carbonyl (C=O) groups is 2. The van der Waals surface area contributed by atoms with E-state index >= 15 is 0 Å². The van der Waals surface area contributed by atoms with Crippen LogP contribution in [0.2, 0.25) is 0 Å². The van der Waals surface area contributed by atoms with Gasteiger partial charge in [0.1, 0.15) is 23.9 Å². The van der Waals surface area contributed by atoms with Gasteiger partial charge in [-0.1, -0.05) is 62.4 Å². The SMILES string of the molecule is CC(C)COc1cccc(/C(O)=C2/C(=O)C(=O)N(c3ccc(OCc4ccccc4)cc3)C2c2cccnc2)c1. The molecule has 0 radical (unpaired) electrons. The van der Waals surface area contributed by atoms with E-state index in [-0.39, 0.29) is 11.3 Å². The Morgan fingerprint density at radius 2 is 1.68 bits per heavy atom. The van der Waals surface area contributed by atoms with Crippen molar-refractivity contribution in [2.75, 3.05) is 11.5 Å². The molecule has 0 bridgehead atoms. The Morgan fingerprint density at radius 3 is 2.38 bits per heavy atom. The molecule has 1 aliphatic heterocycles. The van der Waals surface area contributed by atoms with Crippen LogP contribution >= 0.6 is 0 Å². The van der Waals surface area contributed by atoms with Gasteiger partial charge in [-0.15, -0.1) is 0 Å². The average molecular weight is 535 g/mol. The number of hydrogen-bond acceptors (Lipinski definition) is 6. The summed E-state index contributed by atoms with van der Waals surface area (Å²) in [5.41, 5.74) is 2.50.